The van der Waals surface area contributed by atoms with E-state index in [2.05, 4.69) is 33.9 Å². The van der Waals surface area contributed by atoms with Gasteiger partial charge in [0.05, 0.1) is 11.7 Å². The lowest BCUT2D eigenvalue weighted by atomic mass is 9.97. The molecule has 0 bridgehead atoms. The molecule has 1 atom stereocenters. The SMILES string of the molecule is Cc1cc2c(cc1C(=O)N(C(C)C)[C@@H]1CCCN(C(=O)O)C1)N(CCCCO[Si](C)(C)C(C)(C)C)C(=O)C(C)(C)O2. The van der Waals surface area contributed by atoms with Crippen LogP contribution in [0.5, 0.6) is 5.75 Å². The van der Waals surface area contributed by atoms with Crippen molar-refractivity contribution in [3.63, 3.8) is 0 Å². The van der Waals surface area contributed by atoms with Gasteiger partial charge in [-0.2, -0.15) is 0 Å². The van der Waals surface area contributed by atoms with Crippen molar-refractivity contribution in [1.82, 2.24) is 9.80 Å². The van der Waals surface area contributed by atoms with Crippen molar-refractivity contribution in [3.05, 3.63) is 23.3 Å². The van der Waals surface area contributed by atoms with E-state index < -0.39 is 20.0 Å². The molecule has 0 saturated carbocycles. The van der Waals surface area contributed by atoms with Gasteiger partial charge in [0.25, 0.3) is 11.8 Å². The average molecular weight is 590 g/mol. The maximum atomic E-state index is 14.1. The van der Waals surface area contributed by atoms with Crippen LogP contribution in [0.2, 0.25) is 18.1 Å². The number of carboxylic acid groups (broad SMARTS) is 1. The van der Waals surface area contributed by atoms with Crippen LogP contribution >= 0.6 is 0 Å². The molecule has 41 heavy (non-hydrogen) atoms. The number of carbonyl (C=O) groups excluding carboxylic acids is 2. The number of ether oxygens (including phenoxy) is 1. The van der Waals surface area contributed by atoms with Gasteiger partial charge in [0, 0.05) is 37.8 Å². The van der Waals surface area contributed by atoms with Crippen molar-refractivity contribution in [2.75, 3.05) is 31.1 Å². The fourth-order valence-corrected chi connectivity index (χ4v) is 6.49. The summed E-state index contributed by atoms with van der Waals surface area (Å²) in [6.45, 7) is 22.4. The highest BCUT2D eigenvalue weighted by atomic mass is 28.4. The molecule has 3 rings (SSSR count). The third-order valence-electron chi connectivity index (χ3n) is 8.85. The molecule has 0 aliphatic carbocycles. The number of anilines is 1. The number of unbranched alkanes of at least 4 members (excludes halogenated alkanes) is 1. The maximum absolute atomic E-state index is 14.1. The minimum absolute atomic E-state index is 0.120. The third-order valence-corrected chi connectivity index (χ3v) is 13.4. The lowest BCUT2D eigenvalue weighted by Gasteiger charge is -2.42. The predicted octanol–water partition coefficient (Wildman–Crippen LogP) is 6.29. The highest BCUT2D eigenvalue weighted by Gasteiger charge is 2.42. The zero-order valence-corrected chi connectivity index (χ0v) is 27.8. The highest BCUT2D eigenvalue weighted by Crippen LogP contribution is 2.41. The van der Waals surface area contributed by atoms with Crippen molar-refractivity contribution in [1.29, 1.82) is 0 Å². The predicted molar refractivity (Wildman–Crippen MR) is 165 cm³/mol. The van der Waals surface area contributed by atoms with Crippen LogP contribution in [0.1, 0.15) is 90.1 Å². The summed E-state index contributed by atoms with van der Waals surface area (Å²) in [5.74, 6) is 0.298. The maximum Gasteiger partial charge on any atom is 0.407 e. The second-order valence-corrected chi connectivity index (χ2v) is 18.7. The van der Waals surface area contributed by atoms with Crippen LogP contribution in [0, 0.1) is 6.92 Å². The molecule has 1 N–H and O–H groups in total. The van der Waals surface area contributed by atoms with Gasteiger partial charge in [-0.05, 0) is 96.1 Å². The van der Waals surface area contributed by atoms with Crippen molar-refractivity contribution >= 4 is 31.9 Å². The number of piperidine rings is 1. The van der Waals surface area contributed by atoms with Gasteiger partial charge in [0.15, 0.2) is 13.9 Å². The highest BCUT2D eigenvalue weighted by molar-refractivity contribution is 6.74. The summed E-state index contributed by atoms with van der Waals surface area (Å²) in [6, 6.07) is 3.31. The van der Waals surface area contributed by atoms with Crippen molar-refractivity contribution < 1.29 is 28.7 Å². The summed E-state index contributed by atoms with van der Waals surface area (Å²) in [5.41, 5.74) is 0.855. The molecule has 9 nitrogen and oxygen atoms in total. The van der Waals surface area contributed by atoms with E-state index in [9.17, 15) is 19.5 Å². The molecule has 1 aromatic carbocycles. The van der Waals surface area contributed by atoms with Crippen molar-refractivity contribution in [2.24, 2.45) is 0 Å². The Bertz CT molecular complexity index is 1140. The number of amides is 3. The lowest BCUT2D eigenvalue weighted by molar-refractivity contribution is -0.132. The first-order valence-electron chi connectivity index (χ1n) is 15.0. The van der Waals surface area contributed by atoms with E-state index >= 15 is 0 Å². The summed E-state index contributed by atoms with van der Waals surface area (Å²) in [4.78, 5) is 44.2. The van der Waals surface area contributed by atoms with Gasteiger partial charge in [-0.25, -0.2) is 4.79 Å². The number of benzene rings is 1. The van der Waals surface area contributed by atoms with E-state index in [4.69, 9.17) is 9.16 Å². The summed E-state index contributed by atoms with van der Waals surface area (Å²) < 4.78 is 12.5. The average Bonchev–Trinajstić information content (AvgIpc) is 2.84. The van der Waals surface area contributed by atoms with Gasteiger partial charge in [0.1, 0.15) is 5.75 Å². The van der Waals surface area contributed by atoms with E-state index in [1.54, 1.807) is 24.8 Å². The van der Waals surface area contributed by atoms with Crippen LogP contribution in [0.4, 0.5) is 10.5 Å². The monoisotopic (exact) mass is 589 g/mol. The van der Waals surface area contributed by atoms with Gasteiger partial charge in [0.2, 0.25) is 0 Å². The Kier molecular flexibility index (Phi) is 9.90. The fraction of sp³-hybridized carbons (Fsp3) is 0.710. The van der Waals surface area contributed by atoms with Gasteiger partial charge in [-0.15, -0.1) is 0 Å². The molecule has 0 spiro atoms. The first-order chi connectivity index (χ1) is 18.9. The number of fused-ring (bicyclic) bond motifs is 1. The third kappa shape index (κ3) is 7.25. The molecule has 2 aliphatic heterocycles. The van der Waals surface area contributed by atoms with Gasteiger partial charge >= 0.3 is 6.09 Å². The molecule has 10 heteroatoms. The van der Waals surface area contributed by atoms with Crippen LogP contribution in [0.3, 0.4) is 0 Å². The summed E-state index contributed by atoms with van der Waals surface area (Å²) in [5, 5.41) is 9.69. The zero-order valence-electron chi connectivity index (χ0n) is 26.8. The van der Waals surface area contributed by atoms with Gasteiger partial charge in [-0.1, -0.05) is 20.8 Å². The van der Waals surface area contributed by atoms with Crippen LogP contribution in [-0.4, -0.2) is 85.1 Å². The molecule has 0 unspecified atom stereocenters. The quantitative estimate of drug-likeness (QED) is 0.268. The normalized spacial score (nSPS) is 19.2. The van der Waals surface area contributed by atoms with Crippen molar-refractivity contribution in [2.45, 2.75) is 117 Å². The Hall–Kier alpha value is -2.59. The second kappa shape index (κ2) is 12.3. The molecule has 0 aromatic heterocycles. The number of rotatable bonds is 9. The molecule has 0 radical (unpaired) electrons. The first kappa shape index (κ1) is 32.9. The number of hydrogen-bond donors (Lipinski definition) is 1. The molecule has 1 aromatic rings. The first-order valence-corrected chi connectivity index (χ1v) is 17.9. The van der Waals surface area contributed by atoms with E-state index in [1.807, 2.05) is 31.7 Å². The Balaban J connectivity index is 1.85. The van der Waals surface area contributed by atoms with E-state index in [-0.39, 0.29) is 28.9 Å². The molecule has 2 aliphatic rings. The number of hydrogen-bond acceptors (Lipinski definition) is 5. The Labute approximate surface area is 247 Å². The van der Waals surface area contributed by atoms with Gasteiger partial charge < -0.3 is 29.0 Å². The zero-order chi connectivity index (χ0) is 30.9. The van der Waals surface area contributed by atoms with Crippen LogP contribution in [0.25, 0.3) is 0 Å². The standard InChI is InChI=1S/C31H51N3O6Si/c1-21(2)34(23-14-13-15-32(20-23)29(37)38)27(35)24-19-25-26(18-22(24)3)40-31(7,8)28(36)33(25)16-11-12-17-39-41(9,10)30(4,5)6/h18-19,21,23H,11-17,20H2,1-10H3,(H,37,38)/t23-/m1/s1. The molecular weight excluding hydrogens is 538 g/mol. The van der Waals surface area contributed by atoms with E-state index in [0.29, 0.717) is 49.7 Å². The largest absolute Gasteiger partial charge is 0.476 e. The van der Waals surface area contributed by atoms with Crippen LogP contribution in [0.15, 0.2) is 12.1 Å². The number of carbonyl (C=O) groups is 3. The fourth-order valence-electron chi connectivity index (χ4n) is 5.40. The second-order valence-electron chi connectivity index (χ2n) is 13.9. The van der Waals surface area contributed by atoms with E-state index in [0.717, 1.165) is 24.8 Å². The number of likely N-dealkylation sites (tertiary alicyclic amines) is 1. The molecule has 2 heterocycles. The Morgan fingerprint density at radius 2 is 1.88 bits per heavy atom. The van der Waals surface area contributed by atoms with E-state index in [1.165, 1.54) is 4.90 Å². The van der Waals surface area contributed by atoms with Crippen LogP contribution < -0.4 is 9.64 Å². The van der Waals surface area contributed by atoms with Gasteiger partial charge in [-0.3, -0.25) is 9.59 Å². The minimum Gasteiger partial charge on any atom is -0.476 e. The summed E-state index contributed by atoms with van der Waals surface area (Å²) in [7, 11) is -1.84. The summed E-state index contributed by atoms with van der Waals surface area (Å²) >= 11 is 0. The Morgan fingerprint density at radius 1 is 1.22 bits per heavy atom. The van der Waals surface area contributed by atoms with Crippen molar-refractivity contribution in [3.8, 4) is 5.75 Å². The molecule has 1 saturated heterocycles. The minimum atomic E-state index is -1.84. The molecular formula is C31H51N3O6Si. The van der Waals surface area contributed by atoms with Crippen LogP contribution in [-0.2, 0) is 9.22 Å². The smallest absolute Gasteiger partial charge is 0.407 e. The number of aryl methyl sites for hydroxylation is 1. The lowest BCUT2D eigenvalue weighted by Crippen LogP contribution is -2.54. The topological polar surface area (TPSA) is 99.6 Å². The molecule has 3 amide bonds. The number of nitrogens with zero attached hydrogens (tertiary/aromatic N) is 3. The Morgan fingerprint density at radius 3 is 2.46 bits per heavy atom. The molecule has 230 valence electrons. The summed E-state index contributed by atoms with van der Waals surface area (Å²) in [6.07, 6.45) is 2.09. The molecule has 1 fully saturated rings.